The average Bonchev–Trinajstić information content (AvgIpc) is 2.32. The molecule has 66 valence electrons. The van der Waals surface area contributed by atoms with Crippen LogP contribution in [0.1, 0.15) is 0 Å². The van der Waals surface area contributed by atoms with E-state index in [0.29, 0.717) is 0 Å². The molecule has 0 unspecified atom stereocenters. The Morgan fingerprint density at radius 2 is 2.25 bits per heavy atom. The van der Waals surface area contributed by atoms with Crippen molar-refractivity contribution in [2.24, 2.45) is 5.73 Å². The van der Waals surface area contributed by atoms with Gasteiger partial charge < -0.3 is 5.73 Å². The van der Waals surface area contributed by atoms with E-state index in [2.05, 4.69) is 21.1 Å². The van der Waals surface area contributed by atoms with E-state index in [4.69, 9.17) is 0 Å². The van der Waals surface area contributed by atoms with Gasteiger partial charge in [0.1, 0.15) is 0 Å². The van der Waals surface area contributed by atoms with Crippen LogP contribution in [0.4, 0.5) is 4.79 Å². The fraction of sp³-hybridized carbons (Fsp3) is 0. The molecule has 0 fully saturated rings. The SMILES string of the molecule is NC(=O)NS(=O)(=O)c1nn[nH]n1. The molecule has 0 aliphatic rings. The minimum absolute atomic E-state index is 0.638. The van der Waals surface area contributed by atoms with E-state index in [0.717, 1.165) is 0 Å². The van der Waals surface area contributed by atoms with Crippen molar-refractivity contribution in [1.29, 1.82) is 0 Å². The quantitative estimate of drug-likeness (QED) is 0.474. The van der Waals surface area contributed by atoms with E-state index < -0.39 is 21.2 Å². The molecule has 0 aliphatic carbocycles. The third-order valence-corrected chi connectivity index (χ3v) is 1.92. The van der Waals surface area contributed by atoms with Gasteiger partial charge in [0.2, 0.25) is 0 Å². The number of hydrogen-bond acceptors (Lipinski definition) is 6. The number of hydrogen-bond donors (Lipinski definition) is 3. The van der Waals surface area contributed by atoms with Crippen molar-refractivity contribution in [3.8, 4) is 0 Å². The van der Waals surface area contributed by atoms with Crippen molar-refractivity contribution in [2.75, 3.05) is 0 Å². The first-order valence-electron chi connectivity index (χ1n) is 2.58. The third kappa shape index (κ3) is 1.66. The highest BCUT2D eigenvalue weighted by molar-refractivity contribution is 7.89. The number of nitrogens with zero attached hydrogens (tertiary/aromatic N) is 3. The summed E-state index contributed by atoms with van der Waals surface area (Å²) in [4.78, 5) is 10.2. The first-order chi connectivity index (χ1) is 5.52. The van der Waals surface area contributed by atoms with Crippen LogP contribution in [0.5, 0.6) is 0 Å². The Kier molecular flexibility index (Phi) is 1.91. The summed E-state index contributed by atoms with van der Waals surface area (Å²) in [5.41, 5.74) is 4.57. The molecule has 10 heteroatoms. The molecule has 0 saturated heterocycles. The van der Waals surface area contributed by atoms with Gasteiger partial charge in [-0.05, 0) is 5.21 Å². The zero-order chi connectivity index (χ0) is 9.19. The molecule has 0 aliphatic heterocycles. The molecular formula is C2H4N6O3S. The smallest absolute Gasteiger partial charge is 0.326 e. The van der Waals surface area contributed by atoms with Gasteiger partial charge in [-0.1, -0.05) is 5.10 Å². The summed E-state index contributed by atoms with van der Waals surface area (Å²) >= 11 is 0. The lowest BCUT2D eigenvalue weighted by molar-refractivity contribution is 0.253. The predicted molar refractivity (Wildman–Crippen MR) is 34.1 cm³/mol. The van der Waals surface area contributed by atoms with Gasteiger partial charge in [-0.25, -0.2) is 9.52 Å². The topological polar surface area (TPSA) is 144 Å². The van der Waals surface area contributed by atoms with Crippen molar-refractivity contribution >= 4 is 16.1 Å². The summed E-state index contributed by atoms with van der Waals surface area (Å²) in [7, 11) is -4.06. The zero-order valence-corrected chi connectivity index (χ0v) is 6.37. The maximum atomic E-state index is 10.9. The summed E-state index contributed by atoms with van der Waals surface area (Å²) in [6, 6.07) is -1.21. The van der Waals surface area contributed by atoms with Gasteiger partial charge in [0.15, 0.2) is 0 Å². The van der Waals surface area contributed by atoms with E-state index in [1.54, 1.807) is 0 Å². The maximum Gasteiger partial charge on any atom is 0.326 e. The molecule has 1 rings (SSSR count). The summed E-state index contributed by atoms with van der Waals surface area (Å²) in [6.07, 6.45) is 0. The number of nitrogens with one attached hydrogen (secondary N) is 2. The maximum absolute atomic E-state index is 10.9. The van der Waals surface area contributed by atoms with Gasteiger partial charge in [-0.2, -0.15) is 13.6 Å². The molecule has 1 aromatic rings. The molecule has 0 bridgehead atoms. The number of carbonyl (C=O) groups is 1. The second kappa shape index (κ2) is 2.73. The average molecular weight is 192 g/mol. The van der Waals surface area contributed by atoms with Crippen LogP contribution < -0.4 is 10.5 Å². The Morgan fingerprint density at radius 1 is 1.58 bits per heavy atom. The Labute approximate surface area is 66.4 Å². The predicted octanol–water partition coefficient (Wildman–Crippen LogP) is -2.44. The third-order valence-electron chi connectivity index (χ3n) is 0.801. The number of sulfonamides is 1. The minimum Gasteiger partial charge on any atom is -0.351 e. The van der Waals surface area contributed by atoms with Gasteiger partial charge in [0, 0.05) is 0 Å². The molecule has 2 amide bonds. The molecule has 9 nitrogen and oxygen atoms in total. The van der Waals surface area contributed by atoms with Crippen LogP contribution in [0.3, 0.4) is 0 Å². The van der Waals surface area contributed by atoms with Crippen LogP contribution in [0, 0.1) is 0 Å². The van der Waals surface area contributed by atoms with Crippen LogP contribution >= 0.6 is 0 Å². The minimum atomic E-state index is -4.06. The highest BCUT2D eigenvalue weighted by Crippen LogP contribution is 1.94. The fourth-order valence-corrected chi connectivity index (χ4v) is 1.11. The highest BCUT2D eigenvalue weighted by atomic mass is 32.2. The molecule has 0 radical (unpaired) electrons. The number of rotatable bonds is 2. The van der Waals surface area contributed by atoms with Crippen LogP contribution in [0.2, 0.25) is 0 Å². The lowest BCUT2D eigenvalue weighted by Crippen LogP contribution is -2.35. The number of urea groups is 1. The Morgan fingerprint density at radius 3 is 2.67 bits per heavy atom. The van der Waals surface area contributed by atoms with Crippen molar-refractivity contribution in [2.45, 2.75) is 5.16 Å². The second-order valence-corrected chi connectivity index (χ2v) is 3.24. The Hall–Kier alpha value is -1.71. The fourth-order valence-electron chi connectivity index (χ4n) is 0.445. The van der Waals surface area contributed by atoms with Gasteiger partial charge in [-0.3, -0.25) is 0 Å². The summed E-state index contributed by atoms with van der Waals surface area (Å²) in [6.45, 7) is 0. The normalized spacial score (nSPS) is 11.0. The second-order valence-electron chi connectivity index (χ2n) is 1.66. The van der Waals surface area contributed by atoms with Crippen molar-refractivity contribution < 1.29 is 13.2 Å². The number of aromatic nitrogens is 4. The van der Waals surface area contributed by atoms with Crippen molar-refractivity contribution in [1.82, 2.24) is 25.3 Å². The van der Waals surface area contributed by atoms with E-state index >= 15 is 0 Å². The van der Waals surface area contributed by atoms with Crippen LogP contribution in [-0.2, 0) is 10.0 Å². The molecule has 0 spiro atoms. The monoisotopic (exact) mass is 192 g/mol. The van der Waals surface area contributed by atoms with E-state index in [1.165, 1.54) is 4.72 Å². The first-order valence-corrected chi connectivity index (χ1v) is 4.06. The molecular weight excluding hydrogens is 188 g/mol. The lowest BCUT2D eigenvalue weighted by Gasteiger charge is -1.96. The number of tetrazole rings is 1. The van der Waals surface area contributed by atoms with Crippen molar-refractivity contribution in [3.63, 3.8) is 0 Å². The van der Waals surface area contributed by atoms with Gasteiger partial charge in [-0.15, -0.1) is 5.10 Å². The number of aromatic amines is 1. The number of nitrogens with two attached hydrogens (primary N) is 1. The molecule has 0 atom stereocenters. The largest absolute Gasteiger partial charge is 0.351 e. The summed E-state index contributed by atoms with van der Waals surface area (Å²) in [5, 5.41) is 10.5. The van der Waals surface area contributed by atoms with Crippen LogP contribution in [0.15, 0.2) is 5.16 Å². The van der Waals surface area contributed by atoms with Gasteiger partial charge in [0.25, 0.3) is 0 Å². The molecule has 1 heterocycles. The van der Waals surface area contributed by atoms with Crippen LogP contribution in [0.25, 0.3) is 0 Å². The summed E-state index contributed by atoms with van der Waals surface area (Å²) in [5.74, 6) is 0. The molecule has 4 N–H and O–H groups in total. The zero-order valence-electron chi connectivity index (χ0n) is 5.55. The Balaban J connectivity index is 2.96. The number of amides is 2. The first kappa shape index (κ1) is 8.39. The van der Waals surface area contributed by atoms with Gasteiger partial charge in [0.05, 0.1) is 0 Å². The van der Waals surface area contributed by atoms with E-state index in [-0.39, 0.29) is 0 Å². The highest BCUT2D eigenvalue weighted by Gasteiger charge is 2.20. The molecule has 0 aromatic carbocycles. The molecule has 12 heavy (non-hydrogen) atoms. The van der Waals surface area contributed by atoms with E-state index in [1.807, 2.05) is 5.21 Å². The molecule has 0 saturated carbocycles. The summed E-state index contributed by atoms with van der Waals surface area (Å²) < 4.78 is 23.3. The number of primary amides is 1. The van der Waals surface area contributed by atoms with Crippen molar-refractivity contribution in [3.05, 3.63) is 0 Å². The lowest BCUT2D eigenvalue weighted by atomic mass is 11.2. The Bertz CT molecular complexity index is 366. The van der Waals surface area contributed by atoms with Crippen LogP contribution in [-0.4, -0.2) is 35.1 Å². The standard InChI is InChI=1S/C2H4N6O3S/c3-1(9)6-12(10,11)2-4-7-8-5-2/h(H3,3,6,9)(H,4,5,7,8). The van der Waals surface area contributed by atoms with Gasteiger partial charge >= 0.3 is 21.2 Å². The number of H-pyrrole nitrogens is 1. The molecule has 1 aromatic heterocycles. The van der Waals surface area contributed by atoms with E-state index in [9.17, 15) is 13.2 Å². The number of carbonyl (C=O) groups excluding carboxylic acids is 1.